The fourth-order valence-electron chi connectivity index (χ4n) is 3.00. The Balaban J connectivity index is 0.00000208. The van der Waals surface area contributed by atoms with Crippen molar-refractivity contribution in [2.24, 2.45) is 10.9 Å². The van der Waals surface area contributed by atoms with Crippen molar-refractivity contribution in [3.8, 4) is 11.5 Å². The quantitative estimate of drug-likeness (QED) is 0.412. The number of ether oxygens (including phenoxy) is 2. The van der Waals surface area contributed by atoms with Crippen molar-refractivity contribution < 1.29 is 9.47 Å². The maximum atomic E-state index is 6.29. The lowest BCUT2D eigenvalue weighted by Gasteiger charge is -2.33. The molecule has 1 fully saturated rings. The van der Waals surface area contributed by atoms with E-state index in [9.17, 15) is 0 Å². The number of halogens is 2. The van der Waals surface area contributed by atoms with Gasteiger partial charge in [-0.15, -0.1) is 24.0 Å². The summed E-state index contributed by atoms with van der Waals surface area (Å²) in [6.45, 7) is 6.20. The van der Waals surface area contributed by atoms with Gasteiger partial charge >= 0.3 is 0 Å². The van der Waals surface area contributed by atoms with Crippen molar-refractivity contribution in [3.63, 3.8) is 0 Å². The Kier molecular flexibility index (Phi) is 7.28. The predicted molar refractivity (Wildman–Crippen MR) is 108 cm³/mol. The van der Waals surface area contributed by atoms with Gasteiger partial charge in [0.05, 0.1) is 5.02 Å². The molecule has 0 amide bonds. The van der Waals surface area contributed by atoms with Gasteiger partial charge in [-0.25, -0.2) is 0 Å². The first-order valence-corrected chi connectivity index (χ1v) is 8.59. The number of hydrogen-bond donors (Lipinski definition) is 1. The smallest absolute Gasteiger partial charge is 0.193 e. The molecule has 1 saturated heterocycles. The summed E-state index contributed by atoms with van der Waals surface area (Å²) < 4.78 is 11.2. The molecular formula is C17H25ClIN3O2. The molecule has 0 saturated carbocycles. The molecule has 0 bridgehead atoms. The number of benzene rings is 1. The highest BCUT2D eigenvalue weighted by Crippen LogP contribution is 2.38. The van der Waals surface area contributed by atoms with E-state index in [1.165, 1.54) is 12.8 Å². The van der Waals surface area contributed by atoms with Crippen molar-refractivity contribution in [2.45, 2.75) is 26.3 Å². The zero-order valence-electron chi connectivity index (χ0n) is 14.2. The third kappa shape index (κ3) is 4.59. The van der Waals surface area contributed by atoms with Crippen LogP contribution in [0.2, 0.25) is 5.02 Å². The summed E-state index contributed by atoms with van der Waals surface area (Å²) in [4.78, 5) is 6.72. The van der Waals surface area contributed by atoms with Crippen molar-refractivity contribution in [2.75, 3.05) is 33.4 Å². The number of nitrogens with zero attached hydrogens (tertiary/aromatic N) is 2. The minimum atomic E-state index is 0. The summed E-state index contributed by atoms with van der Waals surface area (Å²) in [5.41, 5.74) is 1.06. The Bertz CT molecular complexity index is 589. The van der Waals surface area contributed by atoms with Gasteiger partial charge in [-0.05, 0) is 36.5 Å². The van der Waals surface area contributed by atoms with Crippen molar-refractivity contribution in [1.29, 1.82) is 0 Å². The maximum absolute atomic E-state index is 6.29. The Morgan fingerprint density at radius 2 is 2.00 bits per heavy atom. The van der Waals surface area contributed by atoms with E-state index in [1.54, 1.807) is 0 Å². The van der Waals surface area contributed by atoms with Gasteiger partial charge < -0.3 is 19.7 Å². The first kappa shape index (κ1) is 19.4. The van der Waals surface area contributed by atoms with E-state index >= 15 is 0 Å². The molecule has 2 aliphatic rings. The lowest BCUT2D eigenvalue weighted by Crippen LogP contribution is -2.45. The van der Waals surface area contributed by atoms with Crippen molar-refractivity contribution >= 4 is 41.5 Å². The van der Waals surface area contributed by atoms with E-state index < -0.39 is 0 Å². The number of guanidine groups is 1. The Morgan fingerprint density at radius 1 is 1.29 bits per heavy atom. The minimum absolute atomic E-state index is 0. The predicted octanol–water partition coefficient (Wildman–Crippen LogP) is 3.54. The molecule has 24 heavy (non-hydrogen) atoms. The minimum Gasteiger partial charge on any atom is -0.486 e. The molecule has 7 heteroatoms. The number of fused-ring (bicyclic) bond motifs is 1. The van der Waals surface area contributed by atoms with Crippen LogP contribution in [0.1, 0.15) is 25.3 Å². The molecule has 0 aromatic heterocycles. The zero-order valence-corrected chi connectivity index (χ0v) is 17.3. The standard InChI is InChI=1S/C17H24ClN3O2.HI/c1-12-3-5-21(6-4-12)17(19-2)20-11-13-9-14(18)16-15(10-13)22-7-8-23-16;/h9-10,12H,3-8,11H2,1-2H3,(H,19,20);1H. The van der Waals surface area contributed by atoms with E-state index in [1.807, 2.05) is 19.2 Å². The van der Waals surface area contributed by atoms with Gasteiger partial charge in [-0.2, -0.15) is 0 Å². The third-order valence-corrected chi connectivity index (χ3v) is 4.68. The lowest BCUT2D eigenvalue weighted by atomic mass is 9.99. The summed E-state index contributed by atoms with van der Waals surface area (Å²) >= 11 is 6.29. The van der Waals surface area contributed by atoms with Gasteiger partial charge in [0.1, 0.15) is 13.2 Å². The SMILES string of the molecule is CN=C(NCc1cc(Cl)c2c(c1)OCCO2)N1CCC(C)CC1.I. The van der Waals surface area contributed by atoms with Crippen LogP contribution in [0.5, 0.6) is 11.5 Å². The summed E-state index contributed by atoms with van der Waals surface area (Å²) in [6, 6.07) is 3.91. The summed E-state index contributed by atoms with van der Waals surface area (Å²) in [5, 5.41) is 4.02. The largest absolute Gasteiger partial charge is 0.486 e. The molecule has 5 nitrogen and oxygen atoms in total. The fourth-order valence-corrected chi connectivity index (χ4v) is 3.29. The molecule has 134 valence electrons. The number of aliphatic imine (C=N–C) groups is 1. The zero-order chi connectivity index (χ0) is 16.2. The van der Waals surface area contributed by atoms with Gasteiger partial charge in [0.15, 0.2) is 17.5 Å². The molecule has 0 unspecified atom stereocenters. The molecule has 1 N–H and O–H groups in total. The third-order valence-electron chi connectivity index (χ3n) is 4.40. The highest BCUT2D eigenvalue weighted by molar-refractivity contribution is 14.0. The van der Waals surface area contributed by atoms with Gasteiger partial charge in [0.2, 0.25) is 0 Å². The average Bonchev–Trinajstić information content (AvgIpc) is 2.57. The van der Waals surface area contributed by atoms with E-state index in [-0.39, 0.29) is 24.0 Å². The number of nitrogens with one attached hydrogen (secondary N) is 1. The lowest BCUT2D eigenvalue weighted by molar-refractivity contribution is 0.171. The molecule has 0 spiro atoms. The van der Waals surface area contributed by atoms with Gasteiger partial charge in [0.25, 0.3) is 0 Å². The van der Waals surface area contributed by atoms with Crippen LogP contribution >= 0.6 is 35.6 Å². The molecule has 1 aromatic carbocycles. The van der Waals surface area contributed by atoms with Crippen LogP contribution < -0.4 is 14.8 Å². The van der Waals surface area contributed by atoms with Crippen LogP contribution in [0.4, 0.5) is 0 Å². The van der Waals surface area contributed by atoms with Gasteiger partial charge in [-0.1, -0.05) is 18.5 Å². The Hall–Kier alpha value is -0.890. The molecule has 0 aliphatic carbocycles. The highest BCUT2D eigenvalue weighted by Gasteiger charge is 2.19. The van der Waals surface area contributed by atoms with Crippen LogP contribution in [0.15, 0.2) is 17.1 Å². The van der Waals surface area contributed by atoms with E-state index in [0.29, 0.717) is 30.5 Å². The van der Waals surface area contributed by atoms with Crippen LogP contribution in [0.3, 0.4) is 0 Å². The molecule has 1 aromatic rings. The van der Waals surface area contributed by atoms with E-state index in [4.69, 9.17) is 21.1 Å². The Morgan fingerprint density at radius 3 is 2.71 bits per heavy atom. The number of piperidine rings is 1. The average molecular weight is 466 g/mol. The number of hydrogen-bond acceptors (Lipinski definition) is 3. The highest BCUT2D eigenvalue weighted by atomic mass is 127. The second-order valence-electron chi connectivity index (χ2n) is 6.17. The second kappa shape index (κ2) is 8.99. The van der Waals surface area contributed by atoms with Crippen LogP contribution in [0.25, 0.3) is 0 Å². The maximum Gasteiger partial charge on any atom is 0.193 e. The summed E-state index contributed by atoms with van der Waals surface area (Å²) in [7, 11) is 1.83. The van der Waals surface area contributed by atoms with Crippen molar-refractivity contribution in [3.05, 3.63) is 22.7 Å². The monoisotopic (exact) mass is 465 g/mol. The van der Waals surface area contributed by atoms with Gasteiger partial charge in [0, 0.05) is 26.7 Å². The van der Waals surface area contributed by atoms with E-state index in [2.05, 4.69) is 22.1 Å². The van der Waals surface area contributed by atoms with Crippen LogP contribution in [-0.4, -0.2) is 44.2 Å². The van der Waals surface area contributed by atoms with Gasteiger partial charge in [-0.3, -0.25) is 4.99 Å². The topological polar surface area (TPSA) is 46.1 Å². The second-order valence-corrected chi connectivity index (χ2v) is 6.58. The molecular weight excluding hydrogens is 441 g/mol. The van der Waals surface area contributed by atoms with Crippen molar-refractivity contribution in [1.82, 2.24) is 10.2 Å². The first-order valence-electron chi connectivity index (χ1n) is 8.21. The number of likely N-dealkylation sites (tertiary alicyclic amines) is 1. The summed E-state index contributed by atoms with van der Waals surface area (Å²) in [5.74, 6) is 3.13. The molecule has 3 rings (SSSR count). The van der Waals surface area contributed by atoms with Crippen LogP contribution in [0, 0.1) is 5.92 Å². The molecule has 2 aliphatic heterocycles. The number of rotatable bonds is 2. The molecule has 2 heterocycles. The molecule has 0 radical (unpaired) electrons. The summed E-state index contributed by atoms with van der Waals surface area (Å²) in [6.07, 6.45) is 2.44. The fraction of sp³-hybridized carbons (Fsp3) is 0.588. The Labute approximate surface area is 165 Å². The molecule has 0 atom stereocenters. The van der Waals surface area contributed by atoms with E-state index in [0.717, 1.165) is 36.3 Å². The van der Waals surface area contributed by atoms with Crippen LogP contribution in [-0.2, 0) is 6.54 Å². The first-order chi connectivity index (χ1) is 11.2. The normalized spacial score (nSPS) is 18.1.